The maximum Gasteiger partial charge on any atom is 0.258 e. The second-order valence-electron chi connectivity index (χ2n) is 5.54. The average molecular weight is 342 g/mol. The van der Waals surface area contributed by atoms with Gasteiger partial charge in [0, 0.05) is 18.0 Å². The maximum atomic E-state index is 13.9. The monoisotopic (exact) mass is 342 g/mol. The molecular weight excluding hydrogens is 330 g/mol. The van der Waals surface area contributed by atoms with E-state index >= 15 is 0 Å². The highest BCUT2D eigenvalue weighted by Crippen LogP contribution is 2.34. The zero-order chi connectivity index (χ0) is 18.0. The molecule has 1 heterocycles. The third-order valence-corrected chi connectivity index (χ3v) is 3.66. The highest BCUT2D eigenvalue weighted by Gasteiger charge is 2.43. The van der Waals surface area contributed by atoms with Crippen LogP contribution < -0.4 is 10.6 Å². The van der Waals surface area contributed by atoms with Gasteiger partial charge >= 0.3 is 0 Å². The van der Waals surface area contributed by atoms with E-state index in [2.05, 4.69) is 15.6 Å². The fourth-order valence-corrected chi connectivity index (χ4v) is 2.20. The van der Waals surface area contributed by atoms with E-state index in [0.717, 1.165) is 6.07 Å². The second-order valence-corrected chi connectivity index (χ2v) is 5.54. The Labute approximate surface area is 141 Å². The number of hydrogen-bond acceptors (Lipinski definition) is 4. The number of hydrogen-bond donors (Lipinski definition) is 2. The summed E-state index contributed by atoms with van der Waals surface area (Å²) >= 11 is 0. The van der Waals surface area contributed by atoms with E-state index in [1.54, 1.807) is 6.07 Å². The van der Waals surface area contributed by atoms with Gasteiger partial charge in [-0.3, -0.25) is 9.59 Å². The minimum atomic E-state index is -1.12. The number of benzene rings is 1. The van der Waals surface area contributed by atoms with Gasteiger partial charge in [-0.15, -0.1) is 0 Å². The Balaban J connectivity index is 1.70. The van der Waals surface area contributed by atoms with Gasteiger partial charge in [-0.05, 0) is 30.7 Å². The molecule has 2 N–H and O–H groups in total. The van der Waals surface area contributed by atoms with Crippen molar-refractivity contribution in [2.24, 2.45) is 5.92 Å². The molecule has 2 aromatic rings. The van der Waals surface area contributed by atoms with Crippen LogP contribution in [0, 0.1) is 23.1 Å². The van der Waals surface area contributed by atoms with Gasteiger partial charge in [0.1, 0.15) is 17.8 Å². The number of amides is 2. The summed E-state index contributed by atoms with van der Waals surface area (Å²) in [7, 11) is 0. The molecule has 8 heteroatoms. The number of carbonyl (C=O) groups is 2. The first-order valence-corrected chi connectivity index (χ1v) is 7.40. The molecule has 1 aromatic carbocycles. The Morgan fingerprint density at radius 2 is 2.00 bits per heavy atom. The van der Waals surface area contributed by atoms with Crippen LogP contribution in [0.3, 0.4) is 0 Å². The lowest BCUT2D eigenvalue weighted by molar-refractivity contribution is -0.117. The molecule has 0 radical (unpaired) electrons. The van der Waals surface area contributed by atoms with E-state index in [4.69, 9.17) is 5.26 Å². The summed E-state index contributed by atoms with van der Waals surface area (Å²) in [5.74, 6) is -2.50. The molecule has 1 aromatic heterocycles. The van der Waals surface area contributed by atoms with Crippen LogP contribution in [-0.2, 0) is 4.79 Å². The van der Waals surface area contributed by atoms with Crippen LogP contribution in [0.15, 0.2) is 36.5 Å². The molecule has 1 aliphatic rings. The summed E-state index contributed by atoms with van der Waals surface area (Å²) < 4.78 is 26.7. The predicted molar refractivity (Wildman–Crippen MR) is 84.9 cm³/mol. The van der Waals surface area contributed by atoms with Crippen LogP contribution >= 0.6 is 0 Å². The number of nitrogens with one attached hydrogen (secondary N) is 2. The van der Waals surface area contributed by atoms with Crippen molar-refractivity contribution in [3.8, 4) is 6.07 Å². The Bertz CT molecular complexity index is 894. The topological polar surface area (TPSA) is 94.9 Å². The normalized spacial score (nSPS) is 18.1. The van der Waals surface area contributed by atoms with Gasteiger partial charge in [0.2, 0.25) is 5.91 Å². The number of aromatic nitrogens is 1. The number of nitriles is 1. The minimum Gasteiger partial charge on any atom is -0.322 e. The fourth-order valence-electron chi connectivity index (χ4n) is 2.20. The smallest absolute Gasteiger partial charge is 0.258 e. The first-order chi connectivity index (χ1) is 12.0. The summed E-state index contributed by atoms with van der Waals surface area (Å²) in [6.45, 7) is 0. The van der Waals surface area contributed by atoms with Crippen molar-refractivity contribution in [1.29, 1.82) is 5.26 Å². The van der Waals surface area contributed by atoms with Gasteiger partial charge in [-0.25, -0.2) is 13.8 Å². The van der Waals surface area contributed by atoms with E-state index in [1.165, 1.54) is 30.5 Å². The van der Waals surface area contributed by atoms with E-state index in [-0.39, 0.29) is 29.1 Å². The number of nitrogens with zero attached hydrogens (tertiary/aromatic N) is 2. The fraction of sp³-hybridized carbons (Fsp3) is 0.176. The van der Waals surface area contributed by atoms with Crippen molar-refractivity contribution in [1.82, 2.24) is 4.98 Å². The summed E-state index contributed by atoms with van der Waals surface area (Å²) in [4.78, 5) is 27.7. The first kappa shape index (κ1) is 16.5. The molecule has 2 unspecified atom stereocenters. The molecule has 1 aliphatic carbocycles. The minimum absolute atomic E-state index is 0.106. The molecule has 1 fully saturated rings. The van der Waals surface area contributed by atoms with Gasteiger partial charge in [-0.2, -0.15) is 5.26 Å². The number of pyridine rings is 1. The van der Waals surface area contributed by atoms with Crippen LogP contribution in [-0.4, -0.2) is 23.0 Å². The van der Waals surface area contributed by atoms with Crippen molar-refractivity contribution in [2.45, 2.75) is 12.6 Å². The average Bonchev–Trinajstić information content (AvgIpc) is 3.32. The Kier molecular flexibility index (Phi) is 4.39. The zero-order valence-electron chi connectivity index (χ0n) is 12.8. The lowest BCUT2D eigenvalue weighted by Gasteiger charge is -2.08. The lowest BCUT2D eigenvalue weighted by Crippen LogP contribution is -2.17. The highest BCUT2D eigenvalue weighted by atomic mass is 19.1. The molecule has 2 amide bonds. The van der Waals surface area contributed by atoms with Crippen LogP contribution in [0.1, 0.15) is 22.3 Å². The molecule has 0 aliphatic heterocycles. The number of halogens is 2. The molecule has 0 bridgehead atoms. The van der Waals surface area contributed by atoms with Crippen molar-refractivity contribution in [2.75, 3.05) is 10.6 Å². The number of anilines is 2. The van der Waals surface area contributed by atoms with Crippen molar-refractivity contribution in [3.63, 3.8) is 0 Å². The molecule has 2 atom stereocenters. The second kappa shape index (κ2) is 6.65. The van der Waals surface area contributed by atoms with E-state index in [0.29, 0.717) is 0 Å². The highest BCUT2D eigenvalue weighted by molar-refractivity contribution is 6.05. The molecular formula is C17H12F2N4O2. The standard InChI is InChI=1S/C17H12F2N4O2/c18-13-5-9(8-20)1-2-11(13)16(24)22-10-3-4-21-15(6-10)23-17(25)12-7-14(12)19/h1-6,12,14H,7H2,(H2,21,22,23,24,25). The number of alkyl halides is 1. The van der Waals surface area contributed by atoms with Gasteiger partial charge < -0.3 is 10.6 Å². The summed E-state index contributed by atoms with van der Waals surface area (Å²) in [5, 5.41) is 13.6. The Morgan fingerprint density at radius 3 is 2.64 bits per heavy atom. The summed E-state index contributed by atoms with van der Waals surface area (Å²) in [5.41, 5.74) is 0.167. The van der Waals surface area contributed by atoms with Crippen molar-refractivity contribution >= 4 is 23.3 Å². The Morgan fingerprint density at radius 1 is 1.24 bits per heavy atom. The van der Waals surface area contributed by atoms with Crippen molar-refractivity contribution in [3.05, 3.63) is 53.5 Å². The lowest BCUT2D eigenvalue weighted by atomic mass is 10.1. The van der Waals surface area contributed by atoms with Gasteiger partial charge in [0.05, 0.1) is 23.1 Å². The van der Waals surface area contributed by atoms with Crippen molar-refractivity contribution < 1.29 is 18.4 Å². The number of rotatable bonds is 4. The first-order valence-electron chi connectivity index (χ1n) is 7.40. The predicted octanol–water partition coefficient (Wildman–Crippen LogP) is 2.64. The van der Waals surface area contributed by atoms with E-state index < -0.39 is 29.7 Å². The summed E-state index contributed by atoms with van der Waals surface area (Å²) in [6.07, 6.45) is 0.419. The quantitative estimate of drug-likeness (QED) is 0.893. The molecule has 25 heavy (non-hydrogen) atoms. The molecule has 1 saturated carbocycles. The van der Waals surface area contributed by atoms with Crippen LogP contribution in [0.2, 0.25) is 0 Å². The molecule has 0 saturated heterocycles. The molecule has 0 spiro atoms. The van der Waals surface area contributed by atoms with Crippen LogP contribution in [0.5, 0.6) is 0 Å². The summed E-state index contributed by atoms with van der Waals surface area (Å²) in [6, 6.07) is 8.13. The molecule has 126 valence electrons. The largest absolute Gasteiger partial charge is 0.322 e. The van der Waals surface area contributed by atoms with E-state index in [1.807, 2.05) is 0 Å². The van der Waals surface area contributed by atoms with Gasteiger partial charge in [0.15, 0.2) is 0 Å². The zero-order valence-corrected chi connectivity index (χ0v) is 12.8. The third kappa shape index (κ3) is 3.77. The molecule has 6 nitrogen and oxygen atoms in total. The van der Waals surface area contributed by atoms with Crippen LogP contribution in [0.4, 0.5) is 20.3 Å². The number of carbonyl (C=O) groups excluding carboxylic acids is 2. The maximum absolute atomic E-state index is 13.9. The van der Waals surface area contributed by atoms with Gasteiger partial charge in [0.25, 0.3) is 5.91 Å². The van der Waals surface area contributed by atoms with Gasteiger partial charge in [-0.1, -0.05) is 0 Å². The van der Waals surface area contributed by atoms with Crippen LogP contribution in [0.25, 0.3) is 0 Å². The SMILES string of the molecule is N#Cc1ccc(C(=O)Nc2ccnc(NC(=O)C3CC3F)c2)c(F)c1. The molecule has 3 rings (SSSR count). The Hall–Kier alpha value is -3.34. The third-order valence-electron chi connectivity index (χ3n) is 3.66. The van der Waals surface area contributed by atoms with E-state index in [9.17, 15) is 18.4 Å².